The van der Waals surface area contributed by atoms with E-state index < -0.39 is 114 Å². The molecule has 3 saturated heterocycles. The molecule has 3 aliphatic rings. The molecular formula is C93H108F6O18S6. The van der Waals surface area contributed by atoms with Crippen molar-refractivity contribution in [3.05, 3.63) is 252 Å². The predicted octanol–water partition coefficient (Wildman–Crippen LogP) is 20.7. The number of hydrogen-bond acceptors (Lipinski definition) is 18. The molecule has 666 valence electrons. The summed E-state index contributed by atoms with van der Waals surface area (Å²) in [5, 5.41) is -13.7. The van der Waals surface area contributed by atoms with Gasteiger partial charge >= 0.3 is 15.8 Å². The lowest BCUT2D eigenvalue weighted by molar-refractivity contribution is -0.298. The second-order valence-electron chi connectivity index (χ2n) is 34.9. The van der Waals surface area contributed by atoms with Gasteiger partial charge in [-0.15, -0.1) is 0 Å². The van der Waals surface area contributed by atoms with E-state index in [1.54, 1.807) is 36.4 Å². The molecular weight excluding hydrogens is 1710 g/mol. The van der Waals surface area contributed by atoms with Gasteiger partial charge in [0.1, 0.15) is 17.2 Å². The van der Waals surface area contributed by atoms with Crippen molar-refractivity contribution < 1.29 is 108 Å². The van der Waals surface area contributed by atoms with Crippen molar-refractivity contribution in [3.63, 3.8) is 0 Å². The number of rotatable bonds is 24. The lowest BCUT2D eigenvalue weighted by atomic mass is 9.87. The fraction of sp³-hybridized carbons (Fsp3) is 0.419. The molecule has 12 rings (SSSR count). The summed E-state index contributed by atoms with van der Waals surface area (Å²) in [4.78, 5) is 8.94. The fourth-order valence-corrected chi connectivity index (χ4v) is 20.6. The van der Waals surface area contributed by atoms with Crippen LogP contribution in [0.15, 0.2) is 262 Å². The van der Waals surface area contributed by atoms with Crippen LogP contribution >= 0.6 is 0 Å². The van der Waals surface area contributed by atoms with E-state index in [0.717, 1.165) is 87.9 Å². The summed E-state index contributed by atoms with van der Waals surface area (Å²) in [6, 6.07) is 69.1. The van der Waals surface area contributed by atoms with Crippen LogP contribution in [0.2, 0.25) is 0 Å². The summed E-state index contributed by atoms with van der Waals surface area (Å²) in [6.07, 6.45) is -5.61. The Kier molecular flexibility index (Phi) is 30.0. The lowest BCUT2D eigenvalue weighted by Crippen LogP contribution is -2.43. The average molecular weight is 1820 g/mol. The van der Waals surface area contributed by atoms with Gasteiger partial charge in [0.05, 0.1) is 72.3 Å². The minimum Gasteiger partial charge on any atom is -0.743 e. The molecule has 0 bridgehead atoms. The molecule has 6 unspecified atom stereocenters. The minimum atomic E-state index is -5.88. The zero-order chi connectivity index (χ0) is 90.7. The van der Waals surface area contributed by atoms with E-state index >= 15 is 0 Å². The first-order valence-corrected chi connectivity index (χ1v) is 47.8. The number of ether oxygens (including phenoxy) is 9. The van der Waals surface area contributed by atoms with Crippen LogP contribution in [0.4, 0.5) is 26.3 Å². The Morgan fingerprint density at radius 2 is 0.528 bits per heavy atom. The first-order valence-electron chi connectivity index (χ1n) is 40.0. The van der Waals surface area contributed by atoms with Crippen molar-refractivity contribution in [2.45, 2.75) is 243 Å². The second kappa shape index (κ2) is 37.8. The normalized spacial score (nSPS) is 19.4. The molecule has 0 N–H and O–H groups in total. The van der Waals surface area contributed by atoms with Crippen molar-refractivity contribution >= 4 is 63.0 Å². The summed E-state index contributed by atoms with van der Waals surface area (Å²) in [6.45, 7) is 37.6. The van der Waals surface area contributed by atoms with Crippen LogP contribution in [-0.4, -0.2) is 113 Å². The topological polar surface area (TPSA) is 255 Å². The highest BCUT2D eigenvalue weighted by Crippen LogP contribution is 2.44. The van der Waals surface area contributed by atoms with Crippen LogP contribution in [0.25, 0.3) is 0 Å². The van der Waals surface area contributed by atoms with Gasteiger partial charge in [0.25, 0.3) is 0 Å². The predicted molar refractivity (Wildman–Crippen MR) is 460 cm³/mol. The van der Waals surface area contributed by atoms with Crippen molar-refractivity contribution in [2.24, 2.45) is 11.3 Å². The Morgan fingerprint density at radius 3 is 0.740 bits per heavy atom. The molecule has 6 atom stereocenters. The molecule has 0 radical (unpaired) electrons. The zero-order valence-electron chi connectivity index (χ0n) is 72.1. The van der Waals surface area contributed by atoms with E-state index in [-0.39, 0.29) is 38.9 Å². The molecule has 3 aliphatic heterocycles. The largest absolute Gasteiger partial charge is 0.743 e. The number of halogens is 6. The fourth-order valence-electron chi connectivity index (χ4n) is 13.1. The maximum absolute atomic E-state index is 14.0. The molecule has 30 heteroatoms. The van der Waals surface area contributed by atoms with Gasteiger partial charge in [0.15, 0.2) is 110 Å². The molecule has 9 aromatic rings. The average Bonchev–Trinajstić information content (AvgIpc) is 0.762. The van der Waals surface area contributed by atoms with Crippen LogP contribution in [0.1, 0.15) is 164 Å². The lowest BCUT2D eigenvalue weighted by Gasteiger charge is -2.41. The molecule has 123 heavy (non-hydrogen) atoms. The standard InChI is InChI=1S/C32H38F2O6S2.C31H36F2O6S2.C30H34F2O6S2/c1-22(32(33,34)42(35,36)37)40-25-12-18-28(19-13-25)41(26-14-8-23(9-15-26)29(2,3)4)27-16-10-24(11-17-27)31(7)38-20-30(5,6)21-39-31;1-21-19-37-30(6,38-20-21)24-9-15-27(16-10-24)40(26-13-7-23(8-14-26)29(3,4)5)28-17-11-25(12-18-28)39-22(2)31(32,33)41(34,35)36;1-21(30(31,32)40(33,34)35)38-24-11-17-27(18-12-24)39(25-13-7-22(8-14-25)28(2,3)4)26-15-9-23(10-16-26)29(5)36-19-6-20-37-29/h8-19,22H,20-21H2,1-7H3;7-18,21-22H,19-20H2,1-6H3;7-18,21H,6,19-20H2,1-5H3. The van der Waals surface area contributed by atoms with Gasteiger partial charge in [-0.05, 0) is 263 Å². The van der Waals surface area contributed by atoms with Gasteiger partial charge in [0.2, 0.25) is 0 Å². The molecule has 3 heterocycles. The van der Waals surface area contributed by atoms with Crippen LogP contribution in [0.3, 0.4) is 0 Å². The molecule has 3 fully saturated rings. The van der Waals surface area contributed by atoms with Crippen molar-refractivity contribution in [1.82, 2.24) is 0 Å². The van der Waals surface area contributed by atoms with Gasteiger partial charge < -0.3 is 56.3 Å². The van der Waals surface area contributed by atoms with Crippen LogP contribution in [0.5, 0.6) is 17.2 Å². The van der Waals surface area contributed by atoms with E-state index in [1.165, 1.54) is 53.1 Å². The molecule has 9 aromatic carbocycles. The van der Waals surface area contributed by atoms with E-state index in [2.05, 4.69) is 156 Å². The first-order chi connectivity index (χ1) is 56.9. The Hall–Kier alpha value is -7.50. The van der Waals surface area contributed by atoms with Crippen molar-refractivity contribution in [3.8, 4) is 17.2 Å². The van der Waals surface area contributed by atoms with Gasteiger partial charge in [-0.1, -0.05) is 119 Å². The van der Waals surface area contributed by atoms with Gasteiger partial charge in [-0.3, -0.25) is 0 Å². The summed E-state index contributed by atoms with van der Waals surface area (Å²) in [7, 11) is -19.3. The van der Waals surface area contributed by atoms with Crippen LogP contribution in [0, 0.1) is 11.3 Å². The van der Waals surface area contributed by atoms with Gasteiger partial charge in [0, 0.05) is 28.0 Å². The number of alkyl halides is 6. The minimum absolute atomic E-state index is 0.0104. The highest BCUT2D eigenvalue weighted by atomic mass is 32.2. The third-order valence-electron chi connectivity index (χ3n) is 21.1. The van der Waals surface area contributed by atoms with E-state index in [9.17, 15) is 65.3 Å². The van der Waals surface area contributed by atoms with Gasteiger partial charge in [-0.2, -0.15) is 26.3 Å². The molecule has 18 nitrogen and oxygen atoms in total. The monoisotopic (exact) mass is 1820 g/mol. The van der Waals surface area contributed by atoms with E-state index in [1.807, 2.05) is 93.6 Å². The Bertz CT molecular complexity index is 5360. The van der Waals surface area contributed by atoms with Crippen LogP contribution < -0.4 is 14.2 Å². The Labute approximate surface area is 728 Å². The summed E-state index contributed by atoms with van der Waals surface area (Å²) < 4.78 is 234. The third-order valence-corrected chi connectivity index (χ3v) is 30.7. The smallest absolute Gasteiger partial charge is 0.369 e. The van der Waals surface area contributed by atoms with Gasteiger partial charge in [-0.25, -0.2) is 25.3 Å². The van der Waals surface area contributed by atoms with Crippen molar-refractivity contribution in [2.75, 3.05) is 39.6 Å². The molecule has 0 aliphatic carbocycles. The highest BCUT2D eigenvalue weighted by Gasteiger charge is 2.49. The zero-order valence-corrected chi connectivity index (χ0v) is 77.0. The molecule has 0 spiro atoms. The van der Waals surface area contributed by atoms with E-state index in [0.29, 0.717) is 45.6 Å². The summed E-state index contributed by atoms with van der Waals surface area (Å²) in [5.74, 6) is -2.07. The molecule has 0 aromatic heterocycles. The molecule has 0 amide bonds. The number of hydrogen-bond donors (Lipinski definition) is 0. The summed E-state index contributed by atoms with van der Waals surface area (Å²) >= 11 is 0. The quantitative estimate of drug-likeness (QED) is 0.0309. The Balaban J connectivity index is 0.000000193. The van der Waals surface area contributed by atoms with E-state index in [4.69, 9.17) is 42.6 Å². The highest BCUT2D eigenvalue weighted by molar-refractivity contribution is 7.97. The SMILES string of the molecule is CC(Oc1ccc([S+](c2ccc(C(C)(C)C)cc2)c2ccc(C3(C)OCC(C)(C)CO3)cc2)cc1)C(F)(F)S(=O)(=O)[O-].CC(Oc1ccc([S+](c2ccc(C(C)(C)C)cc2)c2ccc(C3(C)OCCCO3)cc2)cc1)C(F)(F)S(=O)(=O)[O-].CC1COC(C)(c2ccc([S+](c3ccc(OC(C)C(F)(F)S(=O)(=O)[O-])cc3)c3ccc(C(C)(C)C)cc3)cc2)OC1. The maximum atomic E-state index is 14.0. The van der Waals surface area contributed by atoms with Crippen LogP contribution in [-0.2, 0) is 125 Å². The third kappa shape index (κ3) is 23.7. The Morgan fingerprint density at radius 1 is 0.333 bits per heavy atom. The number of benzene rings is 9. The first kappa shape index (κ1) is 97.7. The molecule has 0 saturated carbocycles. The maximum Gasteiger partial charge on any atom is 0.369 e. The second-order valence-corrected chi connectivity index (χ2v) is 45.4. The van der Waals surface area contributed by atoms with Crippen molar-refractivity contribution in [1.29, 1.82) is 0 Å². The summed E-state index contributed by atoms with van der Waals surface area (Å²) in [5.41, 5.74) is 6.21.